The van der Waals surface area contributed by atoms with Crippen molar-refractivity contribution in [3.05, 3.63) is 46.8 Å². The lowest BCUT2D eigenvalue weighted by Gasteiger charge is -2.18. The summed E-state index contributed by atoms with van der Waals surface area (Å²) in [4.78, 5) is 16.9. The number of hydrogen-bond acceptors (Lipinski definition) is 3. The summed E-state index contributed by atoms with van der Waals surface area (Å²) in [5.74, 6) is 0.830. The van der Waals surface area contributed by atoms with E-state index in [0.717, 1.165) is 42.3 Å². The molecule has 0 spiro atoms. The highest BCUT2D eigenvalue weighted by Gasteiger charge is 2.14. The molecule has 0 aliphatic rings. The number of aryl methyl sites for hydroxylation is 2. The van der Waals surface area contributed by atoms with Gasteiger partial charge < -0.3 is 16.0 Å². The van der Waals surface area contributed by atoms with Crippen LogP contribution in [0.25, 0.3) is 0 Å². The van der Waals surface area contributed by atoms with Gasteiger partial charge in [0.2, 0.25) is 5.91 Å². The Balaban J connectivity index is 0.00000512. The number of hydrogen-bond donors (Lipinski definition) is 3. The molecule has 7 nitrogen and oxygen atoms in total. The second kappa shape index (κ2) is 13.4. The Morgan fingerprint density at radius 1 is 1.22 bits per heavy atom. The lowest BCUT2D eigenvalue weighted by molar-refractivity contribution is -0.119. The summed E-state index contributed by atoms with van der Waals surface area (Å²) in [6, 6.07) is 8.09. The predicted molar refractivity (Wildman–Crippen MR) is 144 cm³/mol. The number of nitrogens with one attached hydrogen (secondary N) is 3. The SMILES string of the molecule is CCNC(=NCc1cccc(NC(=O)C(C)CC)c1)NC(C)Cc1c(C)nn(C)c1C.I. The third kappa shape index (κ3) is 8.11. The highest BCUT2D eigenvalue weighted by molar-refractivity contribution is 14.0. The van der Waals surface area contributed by atoms with Crippen LogP contribution in [0.5, 0.6) is 0 Å². The van der Waals surface area contributed by atoms with Crippen LogP contribution in [0.2, 0.25) is 0 Å². The molecule has 178 valence electrons. The number of guanidine groups is 1. The molecule has 1 aromatic carbocycles. The molecule has 0 saturated heterocycles. The third-order valence-corrected chi connectivity index (χ3v) is 5.57. The fourth-order valence-corrected chi connectivity index (χ4v) is 3.39. The van der Waals surface area contributed by atoms with Gasteiger partial charge in [-0.15, -0.1) is 24.0 Å². The Morgan fingerprint density at radius 2 is 1.94 bits per heavy atom. The maximum absolute atomic E-state index is 12.2. The first-order valence-corrected chi connectivity index (χ1v) is 11.2. The van der Waals surface area contributed by atoms with Crippen molar-refractivity contribution in [2.45, 2.75) is 67.0 Å². The second-order valence-corrected chi connectivity index (χ2v) is 8.22. The monoisotopic (exact) mass is 554 g/mol. The number of carbonyl (C=O) groups excluding carboxylic acids is 1. The third-order valence-electron chi connectivity index (χ3n) is 5.57. The highest BCUT2D eigenvalue weighted by atomic mass is 127. The highest BCUT2D eigenvalue weighted by Crippen LogP contribution is 2.15. The first kappa shape index (κ1) is 27.9. The first-order valence-electron chi connectivity index (χ1n) is 11.2. The molecule has 8 heteroatoms. The van der Waals surface area contributed by atoms with Crippen LogP contribution in [0.1, 0.15) is 56.6 Å². The van der Waals surface area contributed by atoms with Crippen molar-refractivity contribution in [2.24, 2.45) is 18.0 Å². The van der Waals surface area contributed by atoms with Crippen molar-refractivity contribution in [1.82, 2.24) is 20.4 Å². The van der Waals surface area contributed by atoms with Gasteiger partial charge in [-0.2, -0.15) is 5.10 Å². The van der Waals surface area contributed by atoms with E-state index in [4.69, 9.17) is 4.99 Å². The van der Waals surface area contributed by atoms with Gasteiger partial charge in [-0.05, 0) is 63.8 Å². The second-order valence-electron chi connectivity index (χ2n) is 8.22. The first-order chi connectivity index (χ1) is 14.7. The summed E-state index contributed by atoms with van der Waals surface area (Å²) in [7, 11) is 1.98. The average Bonchev–Trinajstić information content (AvgIpc) is 2.97. The molecule has 2 atom stereocenters. The predicted octanol–water partition coefficient (Wildman–Crippen LogP) is 4.33. The van der Waals surface area contributed by atoms with Crippen molar-refractivity contribution in [3.63, 3.8) is 0 Å². The summed E-state index contributed by atoms with van der Waals surface area (Å²) in [5, 5.41) is 14.3. The maximum atomic E-state index is 12.2. The number of carbonyl (C=O) groups is 1. The van der Waals surface area contributed by atoms with E-state index in [1.54, 1.807) is 0 Å². The summed E-state index contributed by atoms with van der Waals surface area (Å²) in [6.07, 6.45) is 1.71. The number of benzene rings is 1. The molecule has 0 saturated carbocycles. The Morgan fingerprint density at radius 3 is 2.53 bits per heavy atom. The minimum Gasteiger partial charge on any atom is -0.357 e. The number of rotatable bonds is 9. The molecule has 2 unspecified atom stereocenters. The van der Waals surface area contributed by atoms with E-state index >= 15 is 0 Å². The van der Waals surface area contributed by atoms with Crippen LogP contribution in [0.4, 0.5) is 5.69 Å². The molecule has 32 heavy (non-hydrogen) atoms. The Labute approximate surface area is 209 Å². The van der Waals surface area contributed by atoms with Crippen molar-refractivity contribution in [3.8, 4) is 0 Å². The zero-order valence-corrected chi connectivity index (χ0v) is 22.8. The minimum atomic E-state index is -0.000176. The number of halogens is 1. The molecule has 0 fully saturated rings. The van der Waals surface area contributed by atoms with E-state index < -0.39 is 0 Å². The normalized spacial score (nSPS) is 13.2. The average molecular weight is 555 g/mol. The summed E-state index contributed by atoms with van der Waals surface area (Å²) in [6.45, 7) is 13.6. The number of amides is 1. The largest absolute Gasteiger partial charge is 0.357 e. The van der Waals surface area contributed by atoms with Gasteiger partial charge in [-0.1, -0.05) is 26.0 Å². The lowest BCUT2D eigenvalue weighted by atomic mass is 10.1. The van der Waals surface area contributed by atoms with Gasteiger partial charge in [0, 0.05) is 36.9 Å². The fourth-order valence-electron chi connectivity index (χ4n) is 3.39. The van der Waals surface area contributed by atoms with Gasteiger partial charge >= 0.3 is 0 Å². The van der Waals surface area contributed by atoms with E-state index in [1.807, 2.05) is 49.8 Å². The Bertz CT molecular complexity index is 908. The number of aromatic nitrogens is 2. The number of anilines is 1. The summed E-state index contributed by atoms with van der Waals surface area (Å²) >= 11 is 0. The van der Waals surface area contributed by atoms with Crippen LogP contribution in [0.15, 0.2) is 29.3 Å². The molecule has 0 bridgehead atoms. The van der Waals surface area contributed by atoms with Gasteiger partial charge in [0.1, 0.15) is 0 Å². The minimum absolute atomic E-state index is 0. The van der Waals surface area contributed by atoms with Gasteiger partial charge in [0.25, 0.3) is 0 Å². The van der Waals surface area contributed by atoms with Crippen molar-refractivity contribution >= 4 is 41.5 Å². The van der Waals surface area contributed by atoms with Crippen molar-refractivity contribution in [1.29, 1.82) is 0 Å². The van der Waals surface area contributed by atoms with E-state index in [0.29, 0.717) is 6.54 Å². The van der Waals surface area contributed by atoms with E-state index in [-0.39, 0.29) is 41.8 Å². The summed E-state index contributed by atoms with van der Waals surface area (Å²) < 4.78 is 1.93. The lowest BCUT2D eigenvalue weighted by Crippen LogP contribution is -2.43. The Hall–Kier alpha value is -2.10. The Kier molecular flexibility index (Phi) is 11.7. The molecule has 1 aromatic heterocycles. The van der Waals surface area contributed by atoms with Crippen LogP contribution in [0, 0.1) is 19.8 Å². The van der Waals surface area contributed by atoms with Crippen LogP contribution >= 0.6 is 24.0 Å². The van der Waals surface area contributed by atoms with Gasteiger partial charge in [-0.3, -0.25) is 9.48 Å². The number of nitrogens with zero attached hydrogens (tertiary/aromatic N) is 3. The van der Waals surface area contributed by atoms with Gasteiger partial charge in [0.15, 0.2) is 5.96 Å². The van der Waals surface area contributed by atoms with Crippen LogP contribution < -0.4 is 16.0 Å². The van der Waals surface area contributed by atoms with Crippen LogP contribution in [-0.4, -0.2) is 34.2 Å². The quantitative estimate of drug-likeness (QED) is 0.245. The zero-order valence-electron chi connectivity index (χ0n) is 20.5. The molecular formula is C24H39IN6O. The molecule has 1 amide bonds. The smallest absolute Gasteiger partial charge is 0.227 e. The van der Waals surface area contributed by atoms with Gasteiger partial charge in [-0.25, -0.2) is 4.99 Å². The van der Waals surface area contributed by atoms with Crippen molar-refractivity contribution < 1.29 is 4.79 Å². The van der Waals surface area contributed by atoms with E-state index in [1.165, 1.54) is 11.3 Å². The molecule has 2 aromatic rings. The topological polar surface area (TPSA) is 83.3 Å². The molecule has 0 aliphatic carbocycles. The molecule has 0 radical (unpaired) electrons. The molecular weight excluding hydrogens is 515 g/mol. The zero-order chi connectivity index (χ0) is 23.0. The van der Waals surface area contributed by atoms with Gasteiger partial charge in [0.05, 0.1) is 12.2 Å². The fraction of sp³-hybridized carbons (Fsp3) is 0.542. The molecule has 1 heterocycles. The molecule has 0 aliphatic heterocycles. The molecule has 2 rings (SSSR count). The van der Waals surface area contributed by atoms with E-state index in [2.05, 4.69) is 48.7 Å². The van der Waals surface area contributed by atoms with Crippen LogP contribution in [-0.2, 0) is 24.8 Å². The maximum Gasteiger partial charge on any atom is 0.227 e. The van der Waals surface area contributed by atoms with Crippen molar-refractivity contribution in [2.75, 3.05) is 11.9 Å². The summed E-state index contributed by atoms with van der Waals surface area (Å²) in [5.41, 5.74) is 5.41. The molecule has 3 N–H and O–H groups in total. The van der Waals surface area contributed by atoms with Crippen LogP contribution in [0.3, 0.4) is 0 Å². The number of aliphatic imine (C=N–C) groups is 1. The van der Waals surface area contributed by atoms with E-state index in [9.17, 15) is 4.79 Å². The standard InChI is InChI=1S/C24H38N6O.HI/c1-8-16(3)23(31)28-21-12-10-11-20(14-21)15-26-24(25-9-2)27-17(4)13-22-18(5)29-30(7)19(22)6;/h10-12,14,16-17H,8-9,13,15H2,1-7H3,(H,28,31)(H2,25,26,27);1H.